The summed E-state index contributed by atoms with van der Waals surface area (Å²) < 4.78 is 1.86. The molecule has 0 amide bonds. The topological polar surface area (TPSA) is 33.4 Å². The number of nitrogens with zero attached hydrogens (tertiary/aromatic N) is 4. The maximum absolute atomic E-state index is 4.61. The molecule has 0 spiro atoms. The first-order valence-corrected chi connectivity index (χ1v) is 7.57. The number of rotatable bonds is 4. The van der Waals surface area contributed by atoms with Gasteiger partial charge in [-0.3, -0.25) is 0 Å². The Morgan fingerprint density at radius 2 is 1.70 bits per heavy atom. The third kappa shape index (κ3) is 3.48. The van der Waals surface area contributed by atoms with Crippen molar-refractivity contribution in [3.05, 3.63) is 71.9 Å². The number of hydrogen-bond donors (Lipinski definition) is 0. The van der Waals surface area contributed by atoms with E-state index in [9.17, 15) is 0 Å². The summed E-state index contributed by atoms with van der Waals surface area (Å²) in [5.74, 6) is 0.824. The van der Waals surface area contributed by atoms with Crippen molar-refractivity contribution in [3.63, 3.8) is 0 Å². The van der Waals surface area contributed by atoms with Crippen LogP contribution in [0.5, 0.6) is 0 Å². The first-order chi connectivity index (χ1) is 11.1. The summed E-state index contributed by atoms with van der Waals surface area (Å²) in [5.41, 5.74) is 4.20. The van der Waals surface area contributed by atoms with Crippen LogP contribution in [-0.2, 0) is 0 Å². The molecule has 2 aromatic carbocycles. The molecule has 116 valence electrons. The molecule has 0 aliphatic rings. The predicted molar refractivity (Wildman–Crippen MR) is 96.3 cm³/mol. The van der Waals surface area contributed by atoms with E-state index in [2.05, 4.69) is 39.3 Å². The van der Waals surface area contributed by atoms with Gasteiger partial charge in [0.1, 0.15) is 0 Å². The van der Waals surface area contributed by atoms with E-state index in [1.807, 2.05) is 68.3 Å². The highest BCUT2D eigenvalue weighted by atomic mass is 15.3. The molecule has 0 atom stereocenters. The molecule has 0 aliphatic carbocycles. The molecule has 4 nitrogen and oxygen atoms in total. The highest BCUT2D eigenvalue weighted by Gasteiger charge is 2.05. The van der Waals surface area contributed by atoms with Gasteiger partial charge in [0.05, 0.1) is 11.4 Å². The lowest BCUT2D eigenvalue weighted by Crippen LogP contribution is -2.08. The zero-order valence-electron chi connectivity index (χ0n) is 13.6. The summed E-state index contributed by atoms with van der Waals surface area (Å²) in [6, 6.07) is 20.3. The minimum atomic E-state index is 0.824. The SMILES string of the molecule is Cc1cc(/N=C/c2ccc(N(C)C)cc2)n(-c2ccccc2)n1. The first-order valence-electron chi connectivity index (χ1n) is 7.57. The average Bonchev–Trinajstić information content (AvgIpc) is 2.95. The number of anilines is 1. The Morgan fingerprint density at radius 1 is 1.00 bits per heavy atom. The molecule has 0 saturated carbocycles. The van der Waals surface area contributed by atoms with Crippen LogP contribution in [-0.4, -0.2) is 30.1 Å². The molecule has 0 fully saturated rings. The van der Waals surface area contributed by atoms with E-state index in [0.29, 0.717) is 0 Å². The normalized spacial score (nSPS) is 11.1. The number of aliphatic imine (C=N–C) groups is 1. The molecule has 4 heteroatoms. The molecule has 0 bridgehead atoms. The quantitative estimate of drug-likeness (QED) is 0.683. The molecule has 3 rings (SSSR count). The minimum Gasteiger partial charge on any atom is -0.378 e. The van der Waals surface area contributed by atoms with Crippen LogP contribution in [0.2, 0.25) is 0 Å². The predicted octanol–water partition coefficient (Wildman–Crippen LogP) is 4.00. The third-order valence-corrected chi connectivity index (χ3v) is 3.57. The first kappa shape index (κ1) is 15.0. The second-order valence-electron chi connectivity index (χ2n) is 5.64. The van der Waals surface area contributed by atoms with Gasteiger partial charge >= 0.3 is 0 Å². The van der Waals surface area contributed by atoms with Crippen LogP contribution in [0.25, 0.3) is 5.69 Å². The van der Waals surface area contributed by atoms with E-state index in [4.69, 9.17) is 0 Å². The summed E-state index contributed by atoms with van der Waals surface area (Å²) in [6.07, 6.45) is 1.87. The van der Waals surface area contributed by atoms with Crippen molar-refractivity contribution in [2.75, 3.05) is 19.0 Å². The lowest BCUT2D eigenvalue weighted by Gasteiger charge is -2.11. The number of aryl methyl sites for hydroxylation is 1. The van der Waals surface area contributed by atoms with Crippen LogP contribution in [0.1, 0.15) is 11.3 Å². The van der Waals surface area contributed by atoms with Crippen LogP contribution in [0.3, 0.4) is 0 Å². The highest BCUT2D eigenvalue weighted by molar-refractivity contribution is 5.82. The molecule has 1 heterocycles. The Labute approximate surface area is 136 Å². The molecule has 1 aromatic heterocycles. The smallest absolute Gasteiger partial charge is 0.155 e. The van der Waals surface area contributed by atoms with Gasteiger partial charge in [0.15, 0.2) is 5.82 Å². The largest absolute Gasteiger partial charge is 0.378 e. The Morgan fingerprint density at radius 3 is 2.35 bits per heavy atom. The van der Waals surface area contributed by atoms with Gasteiger partial charge in [-0.1, -0.05) is 30.3 Å². The van der Waals surface area contributed by atoms with Gasteiger partial charge in [-0.05, 0) is 36.8 Å². The van der Waals surface area contributed by atoms with Crippen LogP contribution >= 0.6 is 0 Å². The Bertz CT molecular complexity index is 799. The van der Waals surface area contributed by atoms with E-state index >= 15 is 0 Å². The molecular formula is C19H20N4. The maximum Gasteiger partial charge on any atom is 0.155 e. The summed E-state index contributed by atoms with van der Waals surface area (Å²) in [5, 5.41) is 4.53. The van der Waals surface area contributed by atoms with Gasteiger partial charge in [0.2, 0.25) is 0 Å². The van der Waals surface area contributed by atoms with E-state index in [1.54, 1.807) is 0 Å². The van der Waals surface area contributed by atoms with Gasteiger partial charge in [0, 0.05) is 32.1 Å². The van der Waals surface area contributed by atoms with Crippen LogP contribution in [0.15, 0.2) is 65.7 Å². The Balaban J connectivity index is 1.88. The van der Waals surface area contributed by atoms with Gasteiger partial charge in [-0.25, -0.2) is 9.67 Å². The van der Waals surface area contributed by atoms with Crippen molar-refractivity contribution in [1.29, 1.82) is 0 Å². The van der Waals surface area contributed by atoms with E-state index in [1.165, 1.54) is 5.69 Å². The molecule has 0 N–H and O–H groups in total. The van der Waals surface area contributed by atoms with Crippen molar-refractivity contribution in [2.45, 2.75) is 6.92 Å². The van der Waals surface area contributed by atoms with E-state index in [0.717, 1.165) is 22.8 Å². The second-order valence-corrected chi connectivity index (χ2v) is 5.64. The number of hydrogen-bond acceptors (Lipinski definition) is 3. The zero-order chi connectivity index (χ0) is 16.2. The fourth-order valence-corrected chi connectivity index (χ4v) is 2.34. The van der Waals surface area contributed by atoms with Gasteiger partial charge in [-0.15, -0.1) is 0 Å². The summed E-state index contributed by atoms with van der Waals surface area (Å²) in [6.45, 7) is 1.98. The second kappa shape index (κ2) is 6.48. The highest BCUT2D eigenvalue weighted by Crippen LogP contribution is 2.20. The molecule has 0 aliphatic heterocycles. The molecule has 0 unspecified atom stereocenters. The summed E-state index contributed by atoms with van der Waals surface area (Å²) >= 11 is 0. The van der Waals surface area contributed by atoms with Crippen molar-refractivity contribution < 1.29 is 0 Å². The number of benzene rings is 2. The zero-order valence-corrected chi connectivity index (χ0v) is 13.6. The molecular weight excluding hydrogens is 284 g/mol. The van der Waals surface area contributed by atoms with Gasteiger partial charge in [-0.2, -0.15) is 5.10 Å². The molecule has 23 heavy (non-hydrogen) atoms. The van der Waals surface area contributed by atoms with Crippen LogP contribution in [0.4, 0.5) is 11.5 Å². The maximum atomic E-state index is 4.61. The van der Waals surface area contributed by atoms with E-state index in [-0.39, 0.29) is 0 Å². The minimum absolute atomic E-state index is 0.824. The molecule has 0 saturated heterocycles. The monoisotopic (exact) mass is 304 g/mol. The van der Waals surface area contributed by atoms with Crippen molar-refractivity contribution in [3.8, 4) is 5.69 Å². The average molecular weight is 304 g/mol. The fourth-order valence-electron chi connectivity index (χ4n) is 2.34. The Kier molecular flexibility index (Phi) is 4.24. The van der Waals surface area contributed by atoms with Gasteiger partial charge < -0.3 is 4.90 Å². The van der Waals surface area contributed by atoms with Gasteiger partial charge in [0.25, 0.3) is 0 Å². The van der Waals surface area contributed by atoms with Crippen molar-refractivity contribution in [2.24, 2.45) is 4.99 Å². The fraction of sp³-hybridized carbons (Fsp3) is 0.158. The number of aromatic nitrogens is 2. The molecule has 3 aromatic rings. The number of para-hydroxylation sites is 1. The van der Waals surface area contributed by atoms with E-state index < -0.39 is 0 Å². The standard InChI is InChI=1S/C19H20N4/c1-15-13-19(23(21-15)18-7-5-4-6-8-18)20-14-16-9-11-17(12-10-16)22(2)3/h4-14H,1-3H3/b20-14+. The van der Waals surface area contributed by atoms with Crippen LogP contribution in [0, 0.1) is 6.92 Å². The van der Waals surface area contributed by atoms with Crippen molar-refractivity contribution in [1.82, 2.24) is 9.78 Å². The summed E-state index contributed by atoms with van der Waals surface area (Å²) in [4.78, 5) is 6.69. The molecule has 0 radical (unpaired) electrons. The lowest BCUT2D eigenvalue weighted by atomic mass is 10.2. The van der Waals surface area contributed by atoms with Crippen LogP contribution < -0.4 is 4.90 Å². The lowest BCUT2D eigenvalue weighted by molar-refractivity contribution is 0.863. The third-order valence-electron chi connectivity index (χ3n) is 3.57. The van der Waals surface area contributed by atoms with Crippen molar-refractivity contribution >= 4 is 17.7 Å². The summed E-state index contributed by atoms with van der Waals surface area (Å²) in [7, 11) is 4.06. The Hall–Kier alpha value is -2.88.